The number of ether oxygens (including phenoxy) is 1. The Labute approximate surface area is 113 Å². The van der Waals surface area contributed by atoms with Gasteiger partial charge in [0.05, 0.1) is 7.11 Å². The Hall–Kier alpha value is -2.28. The molecule has 0 N–H and O–H groups in total. The molecule has 1 nitrogen and oxygen atoms in total. The molecular formula is C18H15O. The lowest BCUT2D eigenvalue weighted by atomic mass is 9.94. The fourth-order valence-corrected chi connectivity index (χ4v) is 2.47. The van der Waals surface area contributed by atoms with Crippen molar-refractivity contribution in [3.63, 3.8) is 0 Å². The van der Waals surface area contributed by atoms with Gasteiger partial charge >= 0.3 is 0 Å². The van der Waals surface area contributed by atoms with Crippen molar-refractivity contribution in [1.82, 2.24) is 0 Å². The summed E-state index contributed by atoms with van der Waals surface area (Å²) in [6.45, 7) is 2.10. The molecule has 0 bridgehead atoms. The van der Waals surface area contributed by atoms with Crippen LogP contribution in [0.5, 0.6) is 5.75 Å². The van der Waals surface area contributed by atoms with Crippen molar-refractivity contribution >= 4 is 10.8 Å². The van der Waals surface area contributed by atoms with Gasteiger partial charge in [0.15, 0.2) is 0 Å². The zero-order chi connectivity index (χ0) is 13.2. The molecule has 0 heterocycles. The van der Waals surface area contributed by atoms with Crippen molar-refractivity contribution in [2.75, 3.05) is 7.11 Å². The maximum atomic E-state index is 5.54. The fourth-order valence-electron chi connectivity index (χ4n) is 2.47. The molecule has 3 aromatic carbocycles. The van der Waals surface area contributed by atoms with E-state index in [0.29, 0.717) is 0 Å². The van der Waals surface area contributed by atoms with Crippen molar-refractivity contribution < 1.29 is 4.74 Å². The van der Waals surface area contributed by atoms with Gasteiger partial charge in [-0.2, -0.15) is 0 Å². The number of rotatable bonds is 2. The first-order valence-electron chi connectivity index (χ1n) is 6.34. The van der Waals surface area contributed by atoms with Crippen LogP contribution in [0, 0.1) is 13.0 Å². The summed E-state index contributed by atoms with van der Waals surface area (Å²) in [7, 11) is 1.71. The highest BCUT2D eigenvalue weighted by atomic mass is 16.5. The summed E-state index contributed by atoms with van der Waals surface area (Å²) in [4.78, 5) is 0. The number of fused-ring (bicyclic) bond motifs is 1. The highest BCUT2D eigenvalue weighted by Crippen LogP contribution is 2.38. The van der Waals surface area contributed by atoms with Gasteiger partial charge in [0.1, 0.15) is 5.75 Å². The fraction of sp³-hybridized carbons (Fsp3) is 0.111. The van der Waals surface area contributed by atoms with Crippen molar-refractivity contribution in [2.45, 2.75) is 6.92 Å². The van der Waals surface area contributed by atoms with Crippen LogP contribution in [0.15, 0.2) is 54.6 Å². The third-order valence-corrected chi connectivity index (χ3v) is 3.43. The predicted molar refractivity (Wildman–Crippen MR) is 79.5 cm³/mol. The Morgan fingerprint density at radius 3 is 2.58 bits per heavy atom. The number of methoxy groups -OCH3 is 1. The number of hydrogen-bond donors (Lipinski definition) is 0. The Bertz CT molecular complexity index is 729. The minimum Gasteiger partial charge on any atom is -0.496 e. The average molecular weight is 247 g/mol. The SMILES string of the molecule is COc1ccc2ccccc2c1-c1[c]cccc1C. The summed E-state index contributed by atoms with van der Waals surface area (Å²) in [5, 5.41) is 2.42. The van der Waals surface area contributed by atoms with E-state index >= 15 is 0 Å². The van der Waals surface area contributed by atoms with Crippen molar-refractivity contribution in [2.24, 2.45) is 0 Å². The van der Waals surface area contributed by atoms with E-state index in [4.69, 9.17) is 4.74 Å². The first-order valence-corrected chi connectivity index (χ1v) is 6.34. The molecule has 3 aromatic rings. The van der Waals surface area contributed by atoms with Crippen LogP contribution in [0.1, 0.15) is 5.56 Å². The van der Waals surface area contributed by atoms with Gasteiger partial charge in [-0.05, 0) is 41.0 Å². The quantitative estimate of drug-likeness (QED) is 0.642. The van der Waals surface area contributed by atoms with Crippen LogP contribution < -0.4 is 4.74 Å². The van der Waals surface area contributed by atoms with Crippen molar-refractivity contribution in [1.29, 1.82) is 0 Å². The van der Waals surface area contributed by atoms with Crippen LogP contribution in [-0.2, 0) is 0 Å². The maximum absolute atomic E-state index is 5.54. The maximum Gasteiger partial charge on any atom is 0.127 e. The Morgan fingerprint density at radius 1 is 0.947 bits per heavy atom. The van der Waals surface area contributed by atoms with Gasteiger partial charge in [-0.1, -0.05) is 48.5 Å². The van der Waals surface area contributed by atoms with Crippen LogP contribution in [-0.4, -0.2) is 7.11 Å². The second-order valence-corrected chi connectivity index (χ2v) is 4.59. The first-order chi connectivity index (χ1) is 9.31. The van der Waals surface area contributed by atoms with Gasteiger partial charge in [0.25, 0.3) is 0 Å². The third-order valence-electron chi connectivity index (χ3n) is 3.43. The molecule has 1 radical (unpaired) electrons. The smallest absolute Gasteiger partial charge is 0.127 e. The minimum absolute atomic E-state index is 0.893. The topological polar surface area (TPSA) is 9.23 Å². The molecule has 0 aliphatic carbocycles. The average Bonchev–Trinajstić information content (AvgIpc) is 2.47. The second kappa shape index (κ2) is 4.77. The molecule has 0 amide bonds. The van der Waals surface area contributed by atoms with Gasteiger partial charge < -0.3 is 4.74 Å². The molecular weight excluding hydrogens is 232 g/mol. The van der Waals surface area contributed by atoms with Crippen LogP contribution in [0.2, 0.25) is 0 Å². The zero-order valence-electron chi connectivity index (χ0n) is 11.1. The van der Waals surface area contributed by atoms with E-state index in [1.54, 1.807) is 7.11 Å². The summed E-state index contributed by atoms with van der Waals surface area (Å²) >= 11 is 0. The first kappa shape index (κ1) is 11.8. The molecule has 93 valence electrons. The molecule has 0 fully saturated rings. The van der Waals surface area contributed by atoms with Gasteiger partial charge in [-0.25, -0.2) is 0 Å². The summed E-state index contributed by atoms with van der Waals surface area (Å²) in [6, 6.07) is 21.9. The summed E-state index contributed by atoms with van der Waals surface area (Å²) < 4.78 is 5.54. The molecule has 0 unspecified atom stereocenters. The molecule has 0 atom stereocenters. The van der Waals surface area contributed by atoms with Crippen LogP contribution >= 0.6 is 0 Å². The van der Waals surface area contributed by atoms with E-state index in [0.717, 1.165) is 16.9 Å². The number of benzene rings is 3. The highest BCUT2D eigenvalue weighted by Gasteiger charge is 2.12. The molecule has 0 spiro atoms. The molecule has 0 aliphatic heterocycles. The van der Waals surface area contributed by atoms with E-state index in [1.165, 1.54) is 16.3 Å². The van der Waals surface area contributed by atoms with Crippen molar-refractivity contribution in [3.8, 4) is 16.9 Å². The lowest BCUT2D eigenvalue weighted by Crippen LogP contribution is -1.91. The van der Waals surface area contributed by atoms with E-state index in [9.17, 15) is 0 Å². The molecule has 0 aromatic heterocycles. The van der Waals surface area contributed by atoms with Gasteiger partial charge in [0, 0.05) is 5.56 Å². The van der Waals surface area contributed by atoms with E-state index < -0.39 is 0 Å². The van der Waals surface area contributed by atoms with E-state index in [2.05, 4.69) is 49.4 Å². The zero-order valence-corrected chi connectivity index (χ0v) is 11.1. The normalized spacial score (nSPS) is 10.6. The molecule has 0 saturated heterocycles. The van der Waals surface area contributed by atoms with Crippen LogP contribution in [0.4, 0.5) is 0 Å². The molecule has 0 saturated carbocycles. The number of hydrogen-bond acceptors (Lipinski definition) is 1. The monoisotopic (exact) mass is 247 g/mol. The molecule has 1 heteroatoms. The lowest BCUT2D eigenvalue weighted by molar-refractivity contribution is 0.417. The van der Waals surface area contributed by atoms with Gasteiger partial charge in [-0.3, -0.25) is 0 Å². The van der Waals surface area contributed by atoms with Gasteiger partial charge in [0.2, 0.25) is 0 Å². The summed E-state index contributed by atoms with van der Waals surface area (Å²) in [5.41, 5.74) is 3.44. The Balaban J connectivity index is 2.41. The van der Waals surface area contributed by atoms with E-state index in [-0.39, 0.29) is 0 Å². The largest absolute Gasteiger partial charge is 0.496 e. The molecule has 19 heavy (non-hydrogen) atoms. The second-order valence-electron chi connectivity index (χ2n) is 4.59. The third kappa shape index (κ3) is 1.97. The number of aryl methyl sites for hydroxylation is 1. The lowest BCUT2D eigenvalue weighted by Gasteiger charge is -2.14. The van der Waals surface area contributed by atoms with Crippen LogP contribution in [0.3, 0.4) is 0 Å². The predicted octanol–water partition coefficient (Wildman–Crippen LogP) is 4.62. The Kier molecular flexibility index (Phi) is 2.96. The van der Waals surface area contributed by atoms with Crippen molar-refractivity contribution in [3.05, 3.63) is 66.2 Å². The standard InChI is InChI=1S/C18H15O/c1-13-7-3-5-9-15(13)18-16-10-6-4-8-14(16)11-12-17(18)19-2/h3-8,10-12H,1-2H3. The molecule has 3 rings (SSSR count). The van der Waals surface area contributed by atoms with Gasteiger partial charge in [-0.15, -0.1) is 0 Å². The summed E-state index contributed by atoms with van der Waals surface area (Å²) in [5.74, 6) is 0.893. The van der Waals surface area contributed by atoms with Crippen LogP contribution in [0.25, 0.3) is 21.9 Å². The highest BCUT2D eigenvalue weighted by molar-refractivity contribution is 6.00. The summed E-state index contributed by atoms with van der Waals surface area (Å²) in [6.07, 6.45) is 0. The van der Waals surface area contributed by atoms with E-state index in [1.807, 2.05) is 18.2 Å². The molecule has 0 aliphatic rings. The minimum atomic E-state index is 0.893. The Morgan fingerprint density at radius 2 is 1.79 bits per heavy atom.